The van der Waals surface area contributed by atoms with Crippen LogP contribution in [0.25, 0.3) is 10.9 Å². The van der Waals surface area contributed by atoms with Gasteiger partial charge in [0.25, 0.3) is 5.56 Å². The molecule has 2 aromatic rings. The van der Waals surface area contributed by atoms with Gasteiger partial charge in [-0.3, -0.25) is 19.0 Å². The molecule has 7 nitrogen and oxygen atoms in total. The summed E-state index contributed by atoms with van der Waals surface area (Å²) in [6, 6.07) is 5.25. The van der Waals surface area contributed by atoms with Crippen molar-refractivity contribution in [2.45, 2.75) is 32.2 Å². The van der Waals surface area contributed by atoms with E-state index in [0.717, 1.165) is 30.2 Å². The fraction of sp³-hybridized carbons (Fsp3) is 0.444. The first-order chi connectivity index (χ1) is 12.5. The number of nitrogens with zero attached hydrogens (tertiary/aromatic N) is 2. The average molecular weight is 421 g/mol. The van der Waals surface area contributed by atoms with E-state index < -0.39 is 0 Å². The molecule has 0 spiro atoms. The van der Waals surface area contributed by atoms with Crippen molar-refractivity contribution in [3.05, 3.63) is 39.4 Å². The van der Waals surface area contributed by atoms with Gasteiger partial charge in [0.05, 0.1) is 17.2 Å². The monoisotopic (exact) mass is 420 g/mol. The minimum Gasteiger partial charge on any atom is -0.354 e. The molecule has 1 aliphatic rings. The smallest absolute Gasteiger partial charge is 0.261 e. The van der Waals surface area contributed by atoms with Gasteiger partial charge in [0.15, 0.2) is 0 Å². The van der Waals surface area contributed by atoms with E-state index in [9.17, 15) is 14.4 Å². The van der Waals surface area contributed by atoms with Crippen LogP contribution in [0, 0.1) is 5.92 Å². The predicted octanol–water partition coefficient (Wildman–Crippen LogP) is 1.58. The third-order valence-corrected chi connectivity index (χ3v) is 5.07. The molecular formula is C18H21BrN4O3. The summed E-state index contributed by atoms with van der Waals surface area (Å²) in [4.78, 5) is 40.6. The molecule has 1 heterocycles. The molecule has 1 saturated carbocycles. The van der Waals surface area contributed by atoms with Gasteiger partial charge in [-0.25, -0.2) is 4.98 Å². The fourth-order valence-corrected chi connectivity index (χ4v) is 3.54. The number of benzene rings is 1. The number of halogens is 1. The fourth-order valence-electron chi connectivity index (χ4n) is 3.17. The van der Waals surface area contributed by atoms with Gasteiger partial charge in [-0.05, 0) is 31.0 Å². The van der Waals surface area contributed by atoms with Crippen molar-refractivity contribution in [3.63, 3.8) is 0 Å². The summed E-state index contributed by atoms with van der Waals surface area (Å²) < 4.78 is 2.06. The van der Waals surface area contributed by atoms with Crippen molar-refractivity contribution in [3.8, 4) is 0 Å². The Kier molecular flexibility index (Phi) is 6.03. The van der Waals surface area contributed by atoms with Gasteiger partial charge in [0, 0.05) is 23.5 Å². The molecule has 0 unspecified atom stereocenters. The predicted molar refractivity (Wildman–Crippen MR) is 102 cm³/mol. The molecule has 1 aliphatic carbocycles. The molecule has 0 radical (unpaired) electrons. The van der Waals surface area contributed by atoms with E-state index in [1.54, 1.807) is 12.1 Å². The third-order valence-electron chi connectivity index (χ3n) is 4.57. The van der Waals surface area contributed by atoms with E-state index >= 15 is 0 Å². The lowest BCUT2D eigenvalue weighted by atomic mass is 10.1. The van der Waals surface area contributed by atoms with Crippen molar-refractivity contribution in [2.75, 3.05) is 13.1 Å². The second-order valence-corrected chi connectivity index (χ2v) is 7.38. The molecule has 1 aromatic carbocycles. The number of hydrogen-bond acceptors (Lipinski definition) is 4. The van der Waals surface area contributed by atoms with Gasteiger partial charge in [0.2, 0.25) is 11.8 Å². The number of nitrogens with one attached hydrogen (secondary N) is 2. The molecule has 0 saturated heterocycles. The maximum atomic E-state index is 12.4. The Hall–Kier alpha value is -2.22. The maximum Gasteiger partial charge on any atom is 0.261 e. The molecule has 1 fully saturated rings. The second-order valence-electron chi connectivity index (χ2n) is 6.46. The molecule has 2 N–H and O–H groups in total. The van der Waals surface area contributed by atoms with Gasteiger partial charge >= 0.3 is 0 Å². The lowest BCUT2D eigenvalue weighted by molar-refractivity contribution is -0.125. The largest absolute Gasteiger partial charge is 0.354 e. The number of rotatable bonds is 6. The van der Waals surface area contributed by atoms with Crippen LogP contribution in [0.4, 0.5) is 0 Å². The quantitative estimate of drug-likeness (QED) is 0.693. The number of hydrogen-bond donors (Lipinski definition) is 2. The van der Waals surface area contributed by atoms with E-state index in [1.807, 2.05) is 6.07 Å². The summed E-state index contributed by atoms with van der Waals surface area (Å²) in [5.41, 5.74) is 0.325. The van der Waals surface area contributed by atoms with Crippen LogP contribution in [0.2, 0.25) is 0 Å². The van der Waals surface area contributed by atoms with Crippen molar-refractivity contribution in [2.24, 2.45) is 5.92 Å². The van der Waals surface area contributed by atoms with E-state index in [0.29, 0.717) is 24.0 Å². The Morgan fingerprint density at radius 1 is 1.19 bits per heavy atom. The van der Waals surface area contributed by atoms with Crippen molar-refractivity contribution >= 4 is 38.6 Å². The van der Waals surface area contributed by atoms with Crippen molar-refractivity contribution in [1.29, 1.82) is 0 Å². The summed E-state index contributed by atoms with van der Waals surface area (Å²) in [5, 5.41) is 6.02. The van der Waals surface area contributed by atoms with Gasteiger partial charge < -0.3 is 10.6 Å². The number of carbonyl (C=O) groups is 2. The average Bonchev–Trinajstić information content (AvgIpc) is 3.16. The van der Waals surface area contributed by atoms with Crippen LogP contribution >= 0.6 is 15.9 Å². The van der Waals surface area contributed by atoms with E-state index in [4.69, 9.17) is 0 Å². The van der Waals surface area contributed by atoms with Crippen LogP contribution in [0.1, 0.15) is 25.7 Å². The van der Waals surface area contributed by atoms with Crippen molar-refractivity contribution in [1.82, 2.24) is 20.2 Å². The van der Waals surface area contributed by atoms with E-state index in [2.05, 4.69) is 31.5 Å². The summed E-state index contributed by atoms with van der Waals surface area (Å²) in [6.07, 6.45) is 5.50. The Balaban J connectivity index is 1.50. The number of fused-ring (bicyclic) bond motifs is 1. The second kappa shape index (κ2) is 8.44. The Morgan fingerprint density at radius 3 is 2.69 bits per heavy atom. The standard InChI is InChI=1S/C18H21BrN4O3/c19-13-5-6-15-14(9-13)18(26)23(11-22-15)10-16(24)20-7-8-21-17(25)12-3-1-2-4-12/h5-6,9,11-12H,1-4,7-8,10H2,(H,20,24)(H,21,25). The zero-order valence-corrected chi connectivity index (χ0v) is 15.9. The maximum absolute atomic E-state index is 12.4. The molecule has 2 amide bonds. The Morgan fingerprint density at radius 2 is 1.92 bits per heavy atom. The molecular weight excluding hydrogens is 400 g/mol. The third kappa shape index (κ3) is 4.49. The highest BCUT2D eigenvalue weighted by Crippen LogP contribution is 2.24. The molecule has 0 atom stereocenters. The van der Waals surface area contributed by atoms with Gasteiger partial charge in [0.1, 0.15) is 6.54 Å². The molecule has 3 rings (SSSR count). The van der Waals surface area contributed by atoms with Crippen LogP contribution in [0.5, 0.6) is 0 Å². The molecule has 0 aliphatic heterocycles. The normalized spacial score (nSPS) is 14.5. The summed E-state index contributed by atoms with van der Waals surface area (Å²) in [6.45, 7) is 0.613. The summed E-state index contributed by atoms with van der Waals surface area (Å²) in [7, 11) is 0. The first-order valence-corrected chi connectivity index (χ1v) is 9.53. The molecule has 1 aromatic heterocycles. The highest BCUT2D eigenvalue weighted by Gasteiger charge is 2.21. The first-order valence-electron chi connectivity index (χ1n) is 8.74. The minimum atomic E-state index is -0.293. The lowest BCUT2D eigenvalue weighted by Crippen LogP contribution is -2.39. The topological polar surface area (TPSA) is 93.1 Å². The highest BCUT2D eigenvalue weighted by molar-refractivity contribution is 9.10. The van der Waals surface area contributed by atoms with Crippen LogP contribution in [0.3, 0.4) is 0 Å². The molecule has 138 valence electrons. The van der Waals surface area contributed by atoms with Crippen LogP contribution in [0.15, 0.2) is 33.8 Å². The van der Waals surface area contributed by atoms with Gasteiger partial charge in [-0.2, -0.15) is 0 Å². The van der Waals surface area contributed by atoms with Crippen molar-refractivity contribution < 1.29 is 9.59 Å². The number of amides is 2. The number of aromatic nitrogens is 2. The first kappa shape index (κ1) is 18.6. The Bertz CT molecular complexity index is 874. The highest BCUT2D eigenvalue weighted by atomic mass is 79.9. The summed E-state index contributed by atoms with van der Waals surface area (Å²) >= 11 is 3.33. The zero-order chi connectivity index (χ0) is 18.5. The van der Waals surface area contributed by atoms with E-state index in [-0.39, 0.29) is 29.8 Å². The van der Waals surface area contributed by atoms with Crippen LogP contribution < -0.4 is 16.2 Å². The van der Waals surface area contributed by atoms with Gasteiger partial charge in [-0.15, -0.1) is 0 Å². The van der Waals surface area contributed by atoms with Gasteiger partial charge in [-0.1, -0.05) is 28.8 Å². The van der Waals surface area contributed by atoms with Crippen LogP contribution in [-0.4, -0.2) is 34.5 Å². The van der Waals surface area contributed by atoms with Crippen LogP contribution in [-0.2, 0) is 16.1 Å². The zero-order valence-electron chi connectivity index (χ0n) is 14.3. The molecule has 0 bridgehead atoms. The minimum absolute atomic E-state index is 0.0669. The van der Waals surface area contributed by atoms with E-state index in [1.165, 1.54) is 10.9 Å². The lowest BCUT2D eigenvalue weighted by Gasteiger charge is -2.11. The molecule has 26 heavy (non-hydrogen) atoms. The molecule has 8 heteroatoms. The number of carbonyl (C=O) groups excluding carboxylic acids is 2. The SMILES string of the molecule is O=C(Cn1cnc2ccc(Br)cc2c1=O)NCCNC(=O)C1CCCC1. The summed E-state index contributed by atoms with van der Waals surface area (Å²) in [5.74, 6) is -0.108. The Labute approximate surface area is 159 Å².